The normalized spacial score (nSPS) is 14.0. The molecule has 0 N–H and O–H groups in total. The maximum Gasteiger partial charge on any atom is 0.416 e. The maximum atomic E-state index is 13.2. The molecule has 0 aliphatic rings. The van der Waals surface area contributed by atoms with Crippen LogP contribution >= 0.6 is 0 Å². The fraction of sp³-hybridized carbons (Fsp3) is 0.400. The van der Waals surface area contributed by atoms with E-state index in [1.54, 1.807) is 0 Å². The van der Waals surface area contributed by atoms with Crippen LogP contribution in [0.25, 0.3) is 11.3 Å². The number of ether oxygens (including phenoxy) is 1. The average molecular weight is 335 g/mol. The van der Waals surface area contributed by atoms with Gasteiger partial charge in [0.15, 0.2) is 5.76 Å². The van der Waals surface area contributed by atoms with E-state index in [4.69, 9.17) is 4.52 Å². The summed E-state index contributed by atoms with van der Waals surface area (Å²) in [6.45, 7) is 2.65. The smallest absolute Gasteiger partial charge is 0.358 e. The van der Waals surface area contributed by atoms with Crippen LogP contribution in [0.15, 0.2) is 34.9 Å². The number of nitrogens with zero attached hydrogens (tertiary/aromatic N) is 1. The Morgan fingerprint density at radius 3 is 2.26 bits per heavy atom. The molecule has 0 fully saturated rings. The lowest BCUT2D eigenvalue weighted by Gasteiger charge is -2.18. The number of hydrogen-bond donors (Lipinski definition) is 0. The van der Waals surface area contributed by atoms with E-state index in [9.17, 15) is 22.0 Å². The lowest BCUT2D eigenvalue weighted by Crippen LogP contribution is -2.21. The van der Waals surface area contributed by atoms with Crippen LogP contribution in [-0.2, 0) is 10.9 Å². The quantitative estimate of drug-likeness (QED) is 0.682. The highest BCUT2D eigenvalue weighted by Crippen LogP contribution is 2.33. The third-order valence-electron chi connectivity index (χ3n) is 3.20. The van der Waals surface area contributed by atoms with Crippen molar-refractivity contribution in [3.8, 4) is 11.3 Å². The molecule has 1 atom stereocenters. The van der Waals surface area contributed by atoms with Gasteiger partial charge in [-0.3, -0.25) is 0 Å². The molecule has 0 aliphatic heterocycles. The first-order valence-corrected chi connectivity index (χ1v) is 6.82. The average Bonchev–Trinajstić information content (AvgIpc) is 2.96. The first-order valence-electron chi connectivity index (χ1n) is 6.82. The molecule has 0 amide bonds. The SMILES string of the molecule is CCC(F)(F)OC(C)c1cc(-c2ccc(C(F)(F)F)cc2)no1. The van der Waals surface area contributed by atoms with Crippen LogP contribution in [0.1, 0.15) is 37.7 Å². The van der Waals surface area contributed by atoms with Gasteiger partial charge in [-0.15, -0.1) is 0 Å². The van der Waals surface area contributed by atoms with Gasteiger partial charge in [-0.1, -0.05) is 24.2 Å². The van der Waals surface area contributed by atoms with Gasteiger partial charge in [0.25, 0.3) is 0 Å². The predicted molar refractivity (Wildman–Crippen MR) is 71.7 cm³/mol. The van der Waals surface area contributed by atoms with E-state index in [2.05, 4.69) is 9.89 Å². The molecule has 8 heteroatoms. The van der Waals surface area contributed by atoms with Crippen LogP contribution in [0.5, 0.6) is 0 Å². The molecule has 0 bridgehead atoms. The predicted octanol–water partition coefficient (Wildman–Crippen LogP) is 5.44. The van der Waals surface area contributed by atoms with Crippen molar-refractivity contribution in [3.63, 3.8) is 0 Å². The van der Waals surface area contributed by atoms with Crippen LogP contribution in [0.3, 0.4) is 0 Å². The molecule has 0 aliphatic carbocycles. The zero-order chi connectivity index (χ0) is 17.3. The highest BCUT2D eigenvalue weighted by molar-refractivity contribution is 5.59. The molecule has 2 rings (SSSR count). The molecule has 1 aromatic heterocycles. The fourth-order valence-electron chi connectivity index (χ4n) is 1.85. The summed E-state index contributed by atoms with van der Waals surface area (Å²) in [5.74, 6) is 0.0630. The van der Waals surface area contributed by atoms with E-state index in [-0.39, 0.29) is 11.5 Å². The Hall–Kier alpha value is -1.96. The highest BCUT2D eigenvalue weighted by Gasteiger charge is 2.32. The van der Waals surface area contributed by atoms with Crippen molar-refractivity contribution in [2.24, 2.45) is 0 Å². The number of halogens is 5. The first kappa shape index (κ1) is 17.4. The molecular weight excluding hydrogens is 321 g/mol. The van der Waals surface area contributed by atoms with Crippen LogP contribution in [-0.4, -0.2) is 11.3 Å². The third-order valence-corrected chi connectivity index (χ3v) is 3.20. The number of hydrogen-bond acceptors (Lipinski definition) is 3. The van der Waals surface area contributed by atoms with E-state index in [1.807, 2.05) is 0 Å². The number of rotatable bonds is 5. The number of alkyl halides is 5. The second-order valence-corrected chi connectivity index (χ2v) is 4.94. The zero-order valence-electron chi connectivity index (χ0n) is 12.3. The Morgan fingerprint density at radius 1 is 1.13 bits per heavy atom. The Labute approximate surface area is 129 Å². The van der Waals surface area contributed by atoms with Crippen LogP contribution < -0.4 is 0 Å². The minimum Gasteiger partial charge on any atom is -0.358 e. The first-order chi connectivity index (χ1) is 10.6. The van der Waals surface area contributed by atoms with Crippen molar-refractivity contribution in [2.45, 2.75) is 38.7 Å². The molecule has 1 heterocycles. The summed E-state index contributed by atoms with van der Waals surface area (Å²) in [5.41, 5.74) is -0.171. The van der Waals surface area contributed by atoms with Gasteiger partial charge in [0.05, 0.1) is 5.56 Å². The van der Waals surface area contributed by atoms with Gasteiger partial charge in [-0.25, -0.2) is 0 Å². The zero-order valence-corrected chi connectivity index (χ0v) is 12.3. The second kappa shape index (κ2) is 6.27. The van der Waals surface area contributed by atoms with Crippen molar-refractivity contribution in [3.05, 3.63) is 41.7 Å². The number of benzene rings is 1. The van der Waals surface area contributed by atoms with Gasteiger partial charge in [0.1, 0.15) is 11.8 Å². The van der Waals surface area contributed by atoms with Crippen molar-refractivity contribution >= 4 is 0 Å². The summed E-state index contributed by atoms with van der Waals surface area (Å²) in [6, 6.07) is 5.65. The summed E-state index contributed by atoms with van der Waals surface area (Å²) in [4.78, 5) is 0. The van der Waals surface area contributed by atoms with Crippen molar-refractivity contribution in [1.29, 1.82) is 0 Å². The third kappa shape index (κ3) is 4.28. The summed E-state index contributed by atoms with van der Waals surface area (Å²) in [6.07, 6.45) is -9.25. The van der Waals surface area contributed by atoms with E-state index in [0.717, 1.165) is 12.1 Å². The van der Waals surface area contributed by atoms with E-state index < -0.39 is 30.4 Å². The summed E-state index contributed by atoms with van der Waals surface area (Å²) in [7, 11) is 0. The van der Waals surface area contributed by atoms with E-state index in [0.29, 0.717) is 5.56 Å². The van der Waals surface area contributed by atoms with Gasteiger partial charge in [0, 0.05) is 18.1 Å². The molecule has 0 radical (unpaired) electrons. The molecule has 0 saturated heterocycles. The van der Waals surface area contributed by atoms with Gasteiger partial charge < -0.3 is 9.26 Å². The standard InChI is InChI=1S/C15H14F5NO2/c1-3-14(16,17)22-9(2)13-8-12(21-23-13)10-4-6-11(7-5-10)15(18,19)20/h4-9H,3H2,1-2H3. The molecular formula is C15H14F5NO2. The second-order valence-electron chi connectivity index (χ2n) is 4.94. The Bertz CT molecular complexity index is 649. The Morgan fingerprint density at radius 2 is 1.74 bits per heavy atom. The Balaban J connectivity index is 2.16. The topological polar surface area (TPSA) is 35.3 Å². The lowest BCUT2D eigenvalue weighted by molar-refractivity contribution is -0.265. The fourth-order valence-corrected chi connectivity index (χ4v) is 1.85. The van der Waals surface area contributed by atoms with Crippen molar-refractivity contribution < 1.29 is 31.2 Å². The molecule has 23 heavy (non-hydrogen) atoms. The largest absolute Gasteiger partial charge is 0.416 e. The summed E-state index contributed by atoms with van der Waals surface area (Å²) >= 11 is 0. The molecule has 1 unspecified atom stereocenters. The molecule has 0 spiro atoms. The number of aromatic nitrogens is 1. The van der Waals surface area contributed by atoms with Crippen molar-refractivity contribution in [2.75, 3.05) is 0 Å². The van der Waals surface area contributed by atoms with Gasteiger partial charge in [-0.2, -0.15) is 22.0 Å². The Kier molecular flexibility index (Phi) is 4.74. The van der Waals surface area contributed by atoms with Gasteiger partial charge in [0.2, 0.25) is 0 Å². The molecule has 126 valence electrons. The monoisotopic (exact) mass is 335 g/mol. The minimum atomic E-state index is -4.43. The lowest BCUT2D eigenvalue weighted by atomic mass is 10.1. The summed E-state index contributed by atoms with van der Waals surface area (Å²) < 4.78 is 73.4. The van der Waals surface area contributed by atoms with Crippen LogP contribution in [0.2, 0.25) is 0 Å². The minimum absolute atomic E-state index is 0.0630. The highest BCUT2D eigenvalue weighted by atomic mass is 19.4. The molecule has 0 saturated carbocycles. The maximum absolute atomic E-state index is 13.2. The van der Waals surface area contributed by atoms with Crippen LogP contribution in [0.4, 0.5) is 22.0 Å². The molecule has 2 aromatic rings. The van der Waals surface area contributed by atoms with Crippen molar-refractivity contribution in [1.82, 2.24) is 5.16 Å². The van der Waals surface area contributed by atoms with Crippen LogP contribution in [0, 0.1) is 0 Å². The molecule has 1 aromatic carbocycles. The van der Waals surface area contributed by atoms with Gasteiger partial charge in [-0.05, 0) is 19.1 Å². The van der Waals surface area contributed by atoms with E-state index >= 15 is 0 Å². The van der Waals surface area contributed by atoms with E-state index in [1.165, 1.54) is 32.0 Å². The van der Waals surface area contributed by atoms with Gasteiger partial charge >= 0.3 is 12.3 Å². The summed E-state index contributed by atoms with van der Waals surface area (Å²) in [5, 5.41) is 3.67. The molecule has 3 nitrogen and oxygen atoms in total.